The van der Waals surface area contributed by atoms with Crippen molar-refractivity contribution < 1.29 is 5.11 Å². The molecule has 0 aromatic rings. The number of rotatable bonds is 7. The Morgan fingerprint density at radius 2 is 1.86 bits per heavy atom. The van der Waals surface area contributed by atoms with Gasteiger partial charge in [-0.2, -0.15) is 11.8 Å². The highest BCUT2D eigenvalue weighted by molar-refractivity contribution is 8.00. The predicted octanol–water partition coefficient (Wildman–Crippen LogP) is 4.54. The van der Waals surface area contributed by atoms with Gasteiger partial charge < -0.3 is 10.8 Å². The molecule has 2 nitrogen and oxygen atoms in total. The molecule has 0 heterocycles. The predicted molar refractivity (Wildman–Crippen MR) is 99.2 cm³/mol. The first-order valence-electron chi connectivity index (χ1n) is 8.88. The van der Waals surface area contributed by atoms with Crippen molar-refractivity contribution in [3.63, 3.8) is 0 Å². The quantitative estimate of drug-likeness (QED) is 0.649. The number of aliphatic hydroxyl groups excluding tert-OH is 1. The van der Waals surface area contributed by atoms with Crippen LogP contribution in [0.4, 0.5) is 0 Å². The zero-order valence-electron chi connectivity index (χ0n) is 13.4. The summed E-state index contributed by atoms with van der Waals surface area (Å²) in [5.74, 6) is 0.636. The van der Waals surface area contributed by atoms with Crippen LogP contribution in [-0.2, 0) is 0 Å². The monoisotopic (exact) mass is 367 g/mol. The molecular weight excluding hydrogens is 337 g/mol. The minimum Gasteiger partial charge on any atom is -0.395 e. The molecule has 0 aromatic carbocycles. The molecule has 0 aliphatic heterocycles. The van der Waals surface area contributed by atoms with Crippen molar-refractivity contribution in [3.05, 3.63) is 0 Å². The van der Waals surface area contributed by atoms with Crippen LogP contribution < -0.4 is 5.73 Å². The van der Waals surface area contributed by atoms with Crippen molar-refractivity contribution in [2.75, 3.05) is 6.61 Å². The maximum Gasteiger partial charge on any atom is 0.0582 e. The van der Waals surface area contributed by atoms with Crippen molar-refractivity contribution in [1.82, 2.24) is 0 Å². The summed E-state index contributed by atoms with van der Waals surface area (Å²) in [7, 11) is 0. The van der Waals surface area contributed by atoms with Crippen molar-refractivity contribution in [3.8, 4) is 0 Å². The minimum absolute atomic E-state index is 0.0597. The lowest BCUT2D eigenvalue weighted by Gasteiger charge is -2.35. The van der Waals surface area contributed by atoms with E-state index in [1.807, 2.05) is 0 Å². The topological polar surface area (TPSA) is 46.2 Å². The smallest absolute Gasteiger partial charge is 0.0582 e. The molecule has 2 fully saturated rings. The van der Waals surface area contributed by atoms with Crippen LogP contribution >= 0.6 is 35.0 Å². The van der Waals surface area contributed by atoms with Gasteiger partial charge in [0.2, 0.25) is 0 Å². The maximum absolute atomic E-state index is 8.97. The number of hydrogen-bond acceptors (Lipinski definition) is 3. The first kappa shape index (κ1) is 19.2. The summed E-state index contributed by atoms with van der Waals surface area (Å²) in [6, 6.07) is -0.0597. The third-order valence-corrected chi connectivity index (χ3v) is 7.75. The summed E-state index contributed by atoms with van der Waals surface area (Å²) < 4.78 is 0. The maximum atomic E-state index is 8.97. The van der Waals surface area contributed by atoms with E-state index in [9.17, 15) is 0 Å². The molecule has 130 valence electrons. The Morgan fingerprint density at radius 3 is 2.55 bits per heavy atom. The van der Waals surface area contributed by atoms with Crippen molar-refractivity contribution in [2.45, 2.75) is 91.5 Å². The third kappa shape index (κ3) is 6.39. The Bertz CT molecular complexity index is 321. The normalized spacial score (nSPS) is 37.9. The van der Waals surface area contributed by atoms with E-state index in [-0.39, 0.29) is 12.6 Å². The number of aliphatic hydroxyl groups is 1. The Hall–Kier alpha value is 0.850. The zero-order chi connectivity index (χ0) is 15.9. The fourth-order valence-electron chi connectivity index (χ4n) is 3.81. The van der Waals surface area contributed by atoms with Gasteiger partial charge in [0.15, 0.2) is 0 Å². The van der Waals surface area contributed by atoms with Crippen LogP contribution in [0.5, 0.6) is 0 Å². The summed E-state index contributed by atoms with van der Waals surface area (Å²) in [6.45, 7) is 0.0939. The van der Waals surface area contributed by atoms with E-state index in [2.05, 4.69) is 11.8 Å². The van der Waals surface area contributed by atoms with Gasteiger partial charge in [-0.25, -0.2) is 0 Å². The van der Waals surface area contributed by atoms with E-state index in [0.29, 0.717) is 16.7 Å². The van der Waals surface area contributed by atoms with Crippen LogP contribution in [-0.4, -0.2) is 39.0 Å². The summed E-state index contributed by atoms with van der Waals surface area (Å²) in [5.41, 5.74) is 5.76. The second-order valence-electron chi connectivity index (χ2n) is 7.11. The number of nitrogens with two attached hydrogens (primary N) is 1. The van der Waals surface area contributed by atoms with Gasteiger partial charge in [0, 0.05) is 27.3 Å². The number of alkyl halides is 2. The SMILES string of the molecule is NC(CO)CCCC1CCC(SC2CCCC(Cl)C2)CC1Cl. The van der Waals surface area contributed by atoms with Crippen molar-refractivity contribution in [1.29, 1.82) is 0 Å². The molecule has 2 saturated carbocycles. The fraction of sp³-hybridized carbons (Fsp3) is 1.00. The summed E-state index contributed by atoms with van der Waals surface area (Å²) in [6.07, 6.45) is 11.8. The molecule has 6 atom stereocenters. The molecule has 2 aliphatic carbocycles. The second kappa shape index (κ2) is 9.98. The highest BCUT2D eigenvalue weighted by Gasteiger charge is 2.31. The van der Waals surface area contributed by atoms with E-state index in [1.165, 1.54) is 38.5 Å². The second-order valence-corrected chi connectivity index (χ2v) is 9.89. The van der Waals surface area contributed by atoms with E-state index in [4.69, 9.17) is 34.0 Å². The Kier molecular flexibility index (Phi) is 8.70. The van der Waals surface area contributed by atoms with Crippen LogP contribution in [0.15, 0.2) is 0 Å². The van der Waals surface area contributed by atoms with E-state index in [1.54, 1.807) is 0 Å². The van der Waals surface area contributed by atoms with Gasteiger partial charge in [-0.1, -0.05) is 12.8 Å². The van der Waals surface area contributed by atoms with E-state index < -0.39 is 0 Å². The van der Waals surface area contributed by atoms with Crippen LogP contribution in [0.3, 0.4) is 0 Å². The highest BCUT2D eigenvalue weighted by atomic mass is 35.5. The summed E-state index contributed by atoms with van der Waals surface area (Å²) in [5, 5.41) is 11.2. The van der Waals surface area contributed by atoms with Crippen molar-refractivity contribution in [2.24, 2.45) is 11.7 Å². The molecule has 0 saturated heterocycles. The lowest BCUT2D eigenvalue weighted by Crippen LogP contribution is -2.30. The van der Waals surface area contributed by atoms with E-state index >= 15 is 0 Å². The molecule has 0 aromatic heterocycles. The average molecular weight is 368 g/mol. The van der Waals surface area contributed by atoms with Crippen LogP contribution in [0, 0.1) is 5.92 Å². The number of hydrogen-bond donors (Lipinski definition) is 2. The average Bonchev–Trinajstić information content (AvgIpc) is 2.49. The van der Waals surface area contributed by atoms with Gasteiger partial charge in [0.05, 0.1) is 6.61 Å². The Balaban J connectivity index is 1.66. The molecule has 5 heteroatoms. The molecule has 6 unspecified atom stereocenters. The molecule has 2 aliphatic rings. The molecule has 0 amide bonds. The van der Waals surface area contributed by atoms with Gasteiger partial charge in [0.25, 0.3) is 0 Å². The Morgan fingerprint density at radius 1 is 1.09 bits per heavy atom. The van der Waals surface area contributed by atoms with Crippen molar-refractivity contribution >= 4 is 35.0 Å². The molecule has 2 rings (SSSR count). The third-order valence-electron chi connectivity index (χ3n) is 5.19. The molecule has 22 heavy (non-hydrogen) atoms. The van der Waals surface area contributed by atoms with Gasteiger partial charge in [-0.3, -0.25) is 0 Å². The first-order chi connectivity index (χ1) is 10.6. The lowest BCUT2D eigenvalue weighted by atomic mass is 9.84. The molecule has 0 radical (unpaired) electrons. The number of halogens is 2. The van der Waals surface area contributed by atoms with Crippen LogP contribution in [0.2, 0.25) is 0 Å². The van der Waals surface area contributed by atoms with Gasteiger partial charge in [-0.05, 0) is 57.3 Å². The number of thioether (sulfide) groups is 1. The van der Waals surface area contributed by atoms with Gasteiger partial charge in [0.1, 0.15) is 0 Å². The molecule has 3 N–H and O–H groups in total. The first-order valence-corrected chi connectivity index (χ1v) is 10.7. The van der Waals surface area contributed by atoms with Gasteiger partial charge in [-0.15, -0.1) is 23.2 Å². The largest absolute Gasteiger partial charge is 0.395 e. The molecular formula is C17H31Cl2NOS. The lowest BCUT2D eigenvalue weighted by molar-refractivity contribution is 0.252. The minimum atomic E-state index is -0.0597. The summed E-state index contributed by atoms with van der Waals surface area (Å²) >= 11 is 15.1. The van der Waals surface area contributed by atoms with Crippen LogP contribution in [0.25, 0.3) is 0 Å². The molecule has 0 spiro atoms. The van der Waals surface area contributed by atoms with Crippen LogP contribution in [0.1, 0.15) is 64.2 Å². The fourth-order valence-corrected chi connectivity index (χ4v) is 6.64. The van der Waals surface area contributed by atoms with E-state index in [0.717, 1.165) is 36.2 Å². The Labute approximate surface area is 149 Å². The zero-order valence-corrected chi connectivity index (χ0v) is 15.8. The highest BCUT2D eigenvalue weighted by Crippen LogP contribution is 2.42. The van der Waals surface area contributed by atoms with Gasteiger partial charge >= 0.3 is 0 Å². The standard InChI is InChI=1S/C17H31Cl2NOS/c18-13-4-2-6-15(9-13)22-16-8-7-12(17(19)10-16)3-1-5-14(20)11-21/h12-17,21H,1-11,20H2. The summed E-state index contributed by atoms with van der Waals surface area (Å²) in [4.78, 5) is 0. The molecule has 0 bridgehead atoms.